The topological polar surface area (TPSA) is 46.4 Å². The number of aromatic nitrogens is 2. The summed E-state index contributed by atoms with van der Waals surface area (Å²) in [6.07, 6.45) is 3.12. The number of rotatable bonds is 6. The molecule has 2 heterocycles. The molecular formula is C21H18ClN3OS. The molecule has 27 heavy (non-hydrogen) atoms. The molecule has 0 radical (unpaired) electrons. The molecule has 2 aromatic carbocycles. The molecule has 136 valence electrons. The molecule has 0 saturated heterocycles. The maximum absolute atomic E-state index is 12.3. The van der Waals surface area contributed by atoms with Gasteiger partial charge in [-0.1, -0.05) is 54.1 Å². The average molecular weight is 396 g/mol. The molecule has 0 bridgehead atoms. The number of hydrogen-bond acceptors (Lipinski definition) is 3. The summed E-state index contributed by atoms with van der Waals surface area (Å²) in [5.74, 6) is 0.0126. The van der Waals surface area contributed by atoms with Crippen molar-refractivity contribution in [3.05, 3.63) is 82.5 Å². The highest BCUT2D eigenvalue weighted by molar-refractivity contribution is 7.15. The highest BCUT2D eigenvalue weighted by Crippen LogP contribution is 2.23. The van der Waals surface area contributed by atoms with Crippen molar-refractivity contribution >= 4 is 33.8 Å². The van der Waals surface area contributed by atoms with Crippen molar-refractivity contribution in [2.45, 2.75) is 12.8 Å². The third-order valence-electron chi connectivity index (χ3n) is 4.34. The molecule has 2 aromatic heterocycles. The molecule has 0 unspecified atom stereocenters. The van der Waals surface area contributed by atoms with Crippen molar-refractivity contribution in [1.82, 2.24) is 14.7 Å². The summed E-state index contributed by atoms with van der Waals surface area (Å²) in [4.78, 5) is 17.9. The number of carbonyl (C=O) groups is 1. The van der Waals surface area contributed by atoms with Gasteiger partial charge in [0.25, 0.3) is 0 Å². The van der Waals surface area contributed by atoms with Gasteiger partial charge in [0.2, 0.25) is 5.91 Å². The molecule has 0 atom stereocenters. The SMILES string of the molecule is O=C(Cc1csc2nc(-c3ccccc3)cn12)NCCc1ccc(Cl)cc1. The summed E-state index contributed by atoms with van der Waals surface area (Å²) in [5, 5.41) is 5.70. The number of nitrogens with one attached hydrogen (secondary N) is 1. The Hall–Kier alpha value is -2.63. The smallest absolute Gasteiger partial charge is 0.225 e. The van der Waals surface area contributed by atoms with E-state index >= 15 is 0 Å². The molecule has 4 aromatic rings. The normalized spacial score (nSPS) is 11.0. The van der Waals surface area contributed by atoms with Gasteiger partial charge in [-0.05, 0) is 24.1 Å². The Morgan fingerprint density at radius 3 is 2.67 bits per heavy atom. The molecule has 0 saturated carbocycles. The second-order valence-corrected chi connectivity index (χ2v) is 7.55. The zero-order valence-electron chi connectivity index (χ0n) is 14.6. The van der Waals surface area contributed by atoms with Gasteiger partial charge in [0, 0.05) is 34.4 Å². The molecule has 0 aliphatic carbocycles. The van der Waals surface area contributed by atoms with Crippen molar-refractivity contribution in [3.63, 3.8) is 0 Å². The van der Waals surface area contributed by atoms with E-state index < -0.39 is 0 Å². The lowest BCUT2D eigenvalue weighted by atomic mass is 10.1. The fraction of sp³-hybridized carbons (Fsp3) is 0.143. The standard InChI is InChI=1S/C21H18ClN3OS/c22-17-8-6-15(7-9-17)10-11-23-20(26)12-18-14-27-21-24-19(13-25(18)21)16-4-2-1-3-5-16/h1-9,13-14H,10-12H2,(H,23,26). The second-order valence-electron chi connectivity index (χ2n) is 6.27. The number of thiazole rings is 1. The van der Waals surface area contributed by atoms with E-state index in [2.05, 4.69) is 10.3 Å². The lowest BCUT2D eigenvalue weighted by Crippen LogP contribution is -2.27. The number of hydrogen-bond donors (Lipinski definition) is 1. The summed E-state index contributed by atoms with van der Waals surface area (Å²) in [7, 11) is 0. The van der Waals surface area contributed by atoms with Crippen LogP contribution < -0.4 is 5.32 Å². The quantitative estimate of drug-likeness (QED) is 0.518. The maximum atomic E-state index is 12.3. The zero-order valence-corrected chi connectivity index (χ0v) is 16.1. The van der Waals surface area contributed by atoms with E-state index in [1.807, 2.05) is 70.6 Å². The Labute approximate surface area is 166 Å². The fourth-order valence-electron chi connectivity index (χ4n) is 2.93. The predicted octanol–water partition coefficient (Wildman–Crippen LogP) is 4.62. The van der Waals surface area contributed by atoms with Gasteiger partial charge in [-0.15, -0.1) is 11.3 Å². The van der Waals surface area contributed by atoms with Gasteiger partial charge in [0.15, 0.2) is 4.96 Å². The molecule has 1 N–H and O–H groups in total. The Kier molecular flexibility index (Phi) is 5.23. The Bertz CT molecular complexity index is 1050. The first-order valence-corrected chi connectivity index (χ1v) is 9.97. The van der Waals surface area contributed by atoms with Crippen LogP contribution in [0.4, 0.5) is 0 Å². The number of benzene rings is 2. The molecule has 0 spiro atoms. The van der Waals surface area contributed by atoms with Crippen LogP contribution in [-0.2, 0) is 17.6 Å². The lowest BCUT2D eigenvalue weighted by molar-refractivity contribution is -0.120. The van der Waals surface area contributed by atoms with Crippen molar-refractivity contribution < 1.29 is 4.79 Å². The van der Waals surface area contributed by atoms with Gasteiger partial charge in [-0.2, -0.15) is 0 Å². The molecule has 6 heteroatoms. The lowest BCUT2D eigenvalue weighted by Gasteiger charge is -2.05. The van der Waals surface area contributed by atoms with Crippen molar-refractivity contribution in [3.8, 4) is 11.3 Å². The van der Waals surface area contributed by atoms with Gasteiger partial charge in [0.05, 0.1) is 12.1 Å². The predicted molar refractivity (Wildman–Crippen MR) is 110 cm³/mol. The number of imidazole rings is 1. The van der Waals surface area contributed by atoms with Gasteiger partial charge < -0.3 is 5.32 Å². The first kappa shape index (κ1) is 17.8. The van der Waals surface area contributed by atoms with E-state index in [4.69, 9.17) is 11.6 Å². The fourth-order valence-corrected chi connectivity index (χ4v) is 3.93. The van der Waals surface area contributed by atoms with E-state index in [1.165, 1.54) is 0 Å². The van der Waals surface area contributed by atoms with Crippen LogP contribution in [0.15, 0.2) is 66.2 Å². The van der Waals surface area contributed by atoms with Gasteiger partial charge in [-0.25, -0.2) is 4.98 Å². The monoisotopic (exact) mass is 395 g/mol. The highest BCUT2D eigenvalue weighted by Gasteiger charge is 2.12. The Balaban J connectivity index is 1.38. The zero-order chi connectivity index (χ0) is 18.6. The minimum absolute atomic E-state index is 0.0126. The van der Waals surface area contributed by atoms with Gasteiger partial charge in [-0.3, -0.25) is 9.20 Å². The summed E-state index contributed by atoms with van der Waals surface area (Å²) >= 11 is 7.44. The van der Waals surface area contributed by atoms with Crippen LogP contribution in [0, 0.1) is 0 Å². The van der Waals surface area contributed by atoms with Crippen LogP contribution in [0.5, 0.6) is 0 Å². The Morgan fingerprint density at radius 2 is 1.89 bits per heavy atom. The van der Waals surface area contributed by atoms with Crippen LogP contribution in [0.3, 0.4) is 0 Å². The number of amides is 1. The first-order chi connectivity index (χ1) is 13.2. The van der Waals surface area contributed by atoms with Crippen LogP contribution in [0.2, 0.25) is 5.02 Å². The summed E-state index contributed by atoms with van der Waals surface area (Å²) in [6, 6.07) is 17.7. The number of halogens is 1. The van der Waals surface area contributed by atoms with Crippen LogP contribution in [0.1, 0.15) is 11.3 Å². The van der Waals surface area contributed by atoms with E-state index in [0.717, 1.165) is 38.9 Å². The third kappa shape index (κ3) is 4.21. The number of fused-ring (bicyclic) bond motifs is 1. The van der Waals surface area contributed by atoms with Crippen molar-refractivity contribution in [2.24, 2.45) is 0 Å². The van der Waals surface area contributed by atoms with Gasteiger partial charge in [0.1, 0.15) is 0 Å². The summed E-state index contributed by atoms with van der Waals surface area (Å²) in [5.41, 5.74) is 4.10. The molecule has 1 amide bonds. The molecule has 0 fully saturated rings. The summed E-state index contributed by atoms with van der Waals surface area (Å²) < 4.78 is 2.01. The van der Waals surface area contributed by atoms with Gasteiger partial charge >= 0.3 is 0 Å². The van der Waals surface area contributed by atoms with Crippen LogP contribution in [0.25, 0.3) is 16.2 Å². The van der Waals surface area contributed by atoms with E-state index in [-0.39, 0.29) is 5.91 Å². The molecular weight excluding hydrogens is 378 g/mol. The van der Waals surface area contributed by atoms with E-state index in [0.29, 0.717) is 13.0 Å². The Morgan fingerprint density at radius 1 is 1.11 bits per heavy atom. The van der Waals surface area contributed by atoms with E-state index in [9.17, 15) is 4.79 Å². The minimum Gasteiger partial charge on any atom is -0.355 e. The largest absolute Gasteiger partial charge is 0.355 e. The van der Waals surface area contributed by atoms with E-state index in [1.54, 1.807) is 11.3 Å². The number of carbonyl (C=O) groups excluding carboxylic acids is 1. The first-order valence-electron chi connectivity index (χ1n) is 8.71. The number of nitrogens with zero attached hydrogens (tertiary/aromatic N) is 2. The minimum atomic E-state index is 0.0126. The average Bonchev–Trinajstić information content (AvgIpc) is 3.26. The third-order valence-corrected chi connectivity index (χ3v) is 5.48. The molecule has 0 aliphatic heterocycles. The molecule has 4 rings (SSSR count). The van der Waals surface area contributed by atoms with Crippen molar-refractivity contribution in [2.75, 3.05) is 6.54 Å². The second kappa shape index (κ2) is 7.94. The van der Waals surface area contributed by atoms with Crippen LogP contribution >= 0.6 is 22.9 Å². The van der Waals surface area contributed by atoms with Crippen molar-refractivity contribution in [1.29, 1.82) is 0 Å². The highest BCUT2D eigenvalue weighted by atomic mass is 35.5. The summed E-state index contributed by atoms with van der Waals surface area (Å²) in [6.45, 7) is 0.604. The molecule has 0 aliphatic rings. The molecule has 4 nitrogen and oxygen atoms in total. The maximum Gasteiger partial charge on any atom is 0.225 e. The van der Waals surface area contributed by atoms with Crippen LogP contribution in [-0.4, -0.2) is 21.8 Å².